The third-order valence-electron chi connectivity index (χ3n) is 0. The van der Waals surface area contributed by atoms with Crippen molar-refractivity contribution in [1.29, 1.82) is 0 Å². The number of phosphoric acid groups is 1. The second kappa shape index (κ2) is 14.4. The van der Waals surface area contributed by atoms with E-state index in [4.69, 9.17) is 19.2 Å². The van der Waals surface area contributed by atoms with Crippen molar-refractivity contribution in [2.24, 2.45) is 0 Å². The van der Waals surface area contributed by atoms with Gasteiger partial charge in [0.15, 0.2) is 0 Å². The first-order valence-electron chi connectivity index (χ1n) is 0.783. The molecule has 0 aromatic carbocycles. The molecule has 3 N–H and O–H groups in total. The summed E-state index contributed by atoms with van der Waals surface area (Å²) in [6.07, 6.45) is 0. The Bertz CT molecular complexity index is 61.9. The zero-order chi connectivity index (χ0) is 4.50. The minimum absolute atomic E-state index is 0. The first kappa shape index (κ1) is 29.3. The van der Waals surface area contributed by atoms with E-state index in [0.29, 0.717) is 0 Å². The van der Waals surface area contributed by atoms with Crippen LogP contribution in [0, 0.1) is 0 Å². The summed E-state index contributed by atoms with van der Waals surface area (Å²) in [5, 5.41) is 0. The molecule has 0 unspecified atom stereocenters. The van der Waals surface area contributed by atoms with Gasteiger partial charge in [-0.1, -0.05) is 0 Å². The molecule has 9 heteroatoms. The molecule has 0 aromatic rings. The van der Waals surface area contributed by atoms with Crippen LogP contribution in [0.1, 0.15) is 0 Å². The zero-order valence-electron chi connectivity index (χ0n) is 2.61. The fraction of sp³-hybridized carbons (Fsp3) is 0. The number of hydrogen-bond acceptors (Lipinski definition) is 1. The average Bonchev–Trinajstić information content (AvgIpc) is 0.722. The van der Waals surface area contributed by atoms with Crippen LogP contribution in [-0.2, 0) is 4.57 Å². The molecule has 0 heterocycles. The predicted molar refractivity (Wildman–Crippen MR) is 51.1 cm³/mol. The Hall–Kier alpha value is 3.84. The van der Waals surface area contributed by atoms with Gasteiger partial charge in [-0.15, -0.1) is 24.0 Å². The molecule has 0 aliphatic rings. The normalized spacial score (nSPS) is 6.56. The average molecular weight is 298 g/mol. The summed E-state index contributed by atoms with van der Waals surface area (Å²) in [5.41, 5.74) is 0. The zero-order valence-corrected chi connectivity index (χ0v) is 5.83. The molecule has 0 saturated carbocycles. The molecule has 0 fully saturated rings. The first-order valence-corrected chi connectivity index (χ1v) is 2.35. The van der Waals surface area contributed by atoms with E-state index < -0.39 is 7.82 Å². The topological polar surface area (TPSA) is 77.8 Å². The molecule has 0 spiro atoms. The molecule has 0 aliphatic heterocycles. The van der Waals surface area contributed by atoms with Gasteiger partial charge in [-0.3, -0.25) is 0 Å². The molecule has 0 amide bonds. The number of rotatable bonds is 0. The predicted octanol–water partition coefficient (Wildman–Crippen LogP) is -2.26. The monoisotopic (exact) mass is 298 g/mol. The van der Waals surface area contributed by atoms with E-state index in [2.05, 4.69) is 0 Å². The second-order valence-electron chi connectivity index (χ2n) is 0.513. The van der Waals surface area contributed by atoms with E-state index in [9.17, 15) is 0 Å². The van der Waals surface area contributed by atoms with Gasteiger partial charge >= 0.3 is 96.5 Å². The summed E-state index contributed by atoms with van der Waals surface area (Å²) >= 11 is 0. The SMILES string of the molecule is I.O=P(O)(O)O.[NaH].[NaH].[NaH]. The van der Waals surface area contributed by atoms with Crippen LogP contribution in [0.2, 0.25) is 0 Å². The Morgan fingerprint density at radius 1 is 0.889 bits per heavy atom. The van der Waals surface area contributed by atoms with Crippen molar-refractivity contribution < 1.29 is 19.2 Å². The van der Waals surface area contributed by atoms with Gasteiger partial charge in [0.25, 0.3) is 0 Å². The third-order valence-corrected chi connectivity index (χ3v) is 0. The van der Waals surface area contributed by atoms with Crippen LogP contribution in [0.15, 0.2) is 0 Å². The van der Waals surface area contributed by atoms with Crippen LogP contribution in [0.25, 0.3) is 0 Å². The Morgan fingerprint density at radius 2 is 0.889 bits per heavy atom. The Labute approximate surface area is 137 Å². The fourth-order valence-corrected chi connectivity index (χ4v) is 0. The molecule has 0 bridgehead atoms. The standard InChI is InChI=1S/HI.3Na.H3O4P.3H/c;;;;1-5(2,3)4;;;/h1H;;;;(H3,1,2,3,4);;;. The van der Waals surface area contributed by atoms with Gasteiger partial charge in [-0.2, -0.15) is 0 Å². The third kappa shape index (κ3) is 77.7. The molecule has 0 aliphatic carbocycles. The van der Waals surface area contributed by atoms with Crippen molar-refractivity contribution in [2.75, 3.05) is 0 Å². The van der Waals surface area contributed by atoms with Crippen molar-refractivity contribution in [2.45, 2.75) is 0 Å². The molecular formula is H7INa3O4P. The van der Waals surface area contributed by atoms with Crippen LogP contribution in [-0.4, -0.2) is 103 Å². The van der Waals surface area contributed by atoms with Crippen LogP contribution in [0.4, 0.5) is 0 Å². The van der Waals surface area contributed by atoms with Crippen molar-refractivity contribution in [1.82, 2.24) is 0 Å². The van der Waals surface area contributed by atoms with Crippen LogP contribution >= 0.6 is 31.8 Å². The van der Waals surface area contributed by atoms with Crippen LogP contribution < -0.4 is 0 Å². The van der Waals surface area contributed by atoms with Crippen LogP contribution in [0.5, 0.6) is 0 Å². The molecule has 46 valence electrons. The van der Waals surface area contributed by atoms with Crippen molar-refractivity contribution in [3.8, 4) is 0 Å². The van der Waals surface area contributed by atoms with E-state index in [-0.39, 0.29) is 113 Å². The first-order chi connectivity index (χ1) is 2.00. The van der Waals surface area contributed by atoms with Gasteiger partial charge in [-0.05, 0) is 0 Å². The van der Waals surface area contributed by atoms with E-state index in [1.807, 2.05) is 0 Å². The minimum atomic E-state index is -4.64. The molecular weight excluding hydrogens is 291 g/mol. The molecule has 0 saturated heterocycles. The van der Waals surface area contributed by atoms with E-state index >= 15 is 0 Å². The summed E-state index contributed by atoms with van der Waals surface area (Å²) < 4.78 is 8.88. The summed E-state index contributed by atoms with van der Waals surface area (Å²) in [6.45, 7) is 0. The van der Waals surface area contributed by atoms with Gasteiger partial charge < -0.3 is 14.7 Å². The van der Waals surface area contributed by atoms with Crippen molar-refractivity contribution in [3.05, 3.63) is 0 Å². The van der Waals surface area contributed by atoms with Gasteiger partial charge in [-0.25, -0.2) is 4.57 Å². The van der Waals surface area contributed by atoms with Crippen LogP contribution in [0.3, 0.4) is 0 Å². The summed E-state index contributed by atoms with van der Waals surface area (Å²) in [6, 6.07) is 0. The Kier molecular flexibility index (Phi) is 46.8. The Balaban J connectivity index is -0.0000000133. The number of hydrogen-bond donors (Lipinski definition) is 3. The van der Waals surface area contributed by atoms with Gasteiger partial charge in [0.05, 0.1) is 0 Å². The fourth-order valence-electron chi connectivity index (χ4n) is 0. The Morgan fingerprint density at radius 3 is 0.889 bits per heavy atom. The quantitative estimate of drug-likeness (QED) is 0.268. The van der Waals surface area contributed by atoms with Gasteiger partial charge in [0.1, 0.15) is 0 Å². The molecule has 0 radical (unpaired) electrons. The number of halogens is 1. The summed E-state index contributed by atoms with van der Waals surface area (Å²) in [7, 11) is -4.64. The van der Waals surface area contributed by atoms with E-state index in [1.54, 1.807) is 0 Å². The summed E-state index contributed by atoms with van der Waals surface area (Å²) in [5.74, 6) is 0. The molecule has 0 atom stereocenters. The van der Waals surface area contributed by atoms with Gasteiger partial charge in [0.2, 0.25) is 0 Å². The maximum absolute atomic E-state index is 8.88. The molecule has 4 nitrogen and oxygen atoms in total. The van der Waals surface area contributed by atoms with E-state index in [0.717, 1.165) is 0 Å². The summed E-state index contributed by atoms with van der Waals surface area (Å²) in [4.78, 5) is 21.6. The van der Waals surface area contributed by atoms with Crippen molar-refractivity contribution >= 4 is 120 Å². The molecule has 0 aromatic heterocycles. The molecule has 9 heavy (non-hydrogen) atoms. The second-order valence-corrected chi connectivity index (χ2v) is 1.54. The van der Waals surface area contributed by atoms with Gasteiger partial charge in [0, 0.05) is 0 Å². The molecule has 0 rings (SSSR count). The van der Waals surface area contributed by atoms with E-state index in [1.165, 1.54) is 0 Å². The maximum atomic E-state index is 8.88. The van der Waals surface area contributed by atoms with Crippen molar-refractivity contribution in [3.63, 3.8) is 0 Å².